The molecule has 0 saturated heterocycles. The highest BCUT2D eigenvalue weighted by Gasteiger charge is 2.14. The van der Waals surface area contributed by atoms with E-state index in [2.05, 4.69) is 14.8 Å². The van der Waals surface area contributed by atoms with Crippen LogP contribution in [0.4, 0.5) is 0 Å². The summed E-state index contributed by atoms with van der Waals surface area (Å²) in [4.78, 5) is 15.9. The highest BCUT2D eigenvalue weighted by Crippen LogP contribution is 2.03. The summed E-state index contributed by atoms with van der Waals surface area (Å²) in [6.07, 6.45) is 7.07. The molecule has 2 aromatic heterocycles. The molecule has 0 unspecified atom stereocenters. The van der Waals surface area contributed by atoms with Crippen molar-refractivity contribution in [3.05, 3.63) is 30.2 Å². The Hall–Kier alpha value is -1.96. The van der Waals surface area contributed by atoms with Crippen molar-refractivity contribution < 1.29 is 13.2 Å². The average molecular weight is 310 g/mol. The van der Waals surface area contributed by atoms with Gasteiger partial charge in [0.05, 0.1) is 18.4 Å². The summed E-state index contributed by atoms with van der Waals surface area (Å²) in [6, 6.07) is 1.74. The summed E-state index contributed by atoms with van der Waals surface area (Å²) in [5.74, 6) is -0.581. The fraction of sp³-hybridized carbons (Fsp3) is 0.462. The van der Waals surface area contributed by atoms with E-state index >= 15 is 0 Å². The zero-order chi connectivity index (χ0) is 15.3. The largest absolute Gasteiger partial charge is 0.274 e. The molecule has 0 aliphatic heterocycles. The van der Waals surface area contributed by atoms with E-state index < -0.39 is 15.9 Å². The number of aromatic nitrogens is 3. The maximum atomic E-state index is 11.8. The highest BCUT2D eigenvalue weighted by molar-refractivity contribution is 7.90. The Morgan fingerprint density at radius 1 is 1.38 bits per heavy atom. The van der Waals surface area contributed by atoms with E-state index in [9.17, 15) is 13.2 Å². The number of carbonyl (C=O) groups excluding carboxylic acids is 1. The molecule has 0 aliphatic carbocycles. The summed E-state index contributed by atoms with van der Waals surface area (Å²) >= 11 is 0. The molecule has 0 aliphatic rings. The van der Waals surface area contributed by atoms with E-state index in [1.165, 1.54) is 0 Å². The van der Waals surface area contributed by atoms with Gasteiger partial charge in [0.2, 0.25) is 15.9 Å². The molecule has 2 aromatic rings. The molecule has 0 atom stereocenters. The maximum Gasteiger partial charge on any atom is 0.237 e. The highest BCUT2D eigenvalue weighted by atomic mass is 32.2. The van der Waals surface area contributed by atoms with Gasteiger partial charge in [-0.1, -0.05) is 19.8 Å². The van der Waals surface area contributed by atoms with Crippen LogP contribution >= 0.6 is 0 Å². The van der Waals surface area contributed by atoms with Gasteiger partial charge in [-0.25, -0.2) is 17.9 Å². The molecule has 0 fully saturated rings. The van der Waals surface area contributed by atoms with Crippen molar-refractivity contribution in [2.45, 2.75) is 32.6 Å². The molecule has 0 bridgehead atoms. The monoisotopic (exact) mass is 310 g/mol. The van der Waals surface area contributed by atoms with E-state index in [1.54, 1.807) is 29.2 Å². The van der Waals surface area contributed by atoms with Crippen LogP contribution in [-0.2, 0) is 21.2 Å². The van der Waals surface area contributed by atoms with Gasteiger partial charge >= 0.3 is 0 Å². The Morgan fingerprint density at radius 2 is 2.19 bits per heavy atom. The molecular formula is C13H18N4O3S. The molecule has 2 heterocycles. The van der Waals surface area contributed by atoms with Gasteiger partial charge in [-0.05, 0) is 12.0 Å². The van der Waals surface area contributed by atoms with Crippen molar-refractivity contribution in [2.75, 3.05) is 5.75 Å². The first kappa shape index (κ1) is 15.4. The lowest BCUT2D eigenvalue weighted by molar-refractivity contribution is -0.118. The predicted molar refractivity (Wildman–Crippen MR) is 78.1 cm³/mol. The van der Waals surface area contributed by atoms with Gasteiger partial charge in [0.1, 0.15) is 0 Å². The number of fused-ring (bicyclic) bond motifs is 1. The van der Waals surface area contributed by atoms with Crippen LogP contribution in [0.1, 0.15) is 31.7 Å². The van der Waals surface area contributed by atoms with Gasteiger partial charge in [0.25, 0.3) is 0 Å². The van der Waals surface area contributed by atoms with Gasteiger partial charge < -0.3 is 0 Å². The Bertz CT molecular complexity index is 724. The summed E-state index contributed by atoms with van der Waals surface area (Å²) in [7, 11) is -3.55. The van der Waals surface area contributed by atoms with E-state index in [4.69, 9.17) is 0 Å². The smallest absolute Gasteiger partial charge is 0.237 e. The van der Waals surface area contributed by atoms with Gasteiger partial charge in [0, 0.05) is 18.5 Å². The minimum Gasteiger partial charge on any atom is -0.274 e. The van der Waals surface area contributed by atoms with Crippen molar-refractivity contribution in [1.82, 2.24) is 19.3 Å². The van der Waals surface area contributed by atoms with Gasteiger partial charge in [-0.2, -0.15) is 5.10 Å². The zero-order valence-corrected chi connectivity index (χ0v) is 12.6. The number of unbranched alkanes of at least 4 members (excludes halogenated alkanes) is 2. The van der Waals surface area contributed by atoms with Gasteiger partial charge in [-0.15, -0.1) is 0 Å². The van der Waals surface area contributed by atoms with Crippen LogP contribution in [0.15, 0.2) is 24.7 Å². The first-order valence-electron chi connectivity index (χ1n) is 6.82. The third-order valence-electron chi connectivity index (χ3n) is 2.95. The van der Waals surface area contributed by atoms with Crippen LogP contribution in [0.5, 0.6) is 0 Å². The quantitative estimate of drug-likeness (QED) is 0.767. The zero-order valence-electron chi connectivity index (χ0n) is 11.8. The Kier molecular flexibility index (Phi) is 4.89. The summed E-state index contributed by atoms with van der Waals surface area (Å²) < 4.78 is 27.0. The third-order valence-corrected chi connectivity index (χ3v) is 4.32. The van der Waals surface area contributed by atoms with Crippen LogP contribution in [-0.4, -0.2) is 34.7 Å². The number of amides is 1. The van der Waals surface area contributed by atoms with E-state index in [-0.39, 0.29) is 12.2 Å². The topological polar surface area (TPSA) is 93.4 Å². The van der Waals surface area contributed by atoms with E-state index in [0.29, 0.717) is 17.6 Å². The second kappa shape index (κ2) is 6.66. The molecule has 114 valence electrons. The molecule has 1 amide bonds. The van der Waals surface area contributed by atoms with Crippen molar-refractivity contribution >= 4 is 21.6 Å². The second-order valence-electron chi connectivity index (χ2n) is 4.82. The second-order valence-corrected chi connectivity index (χ2v) is 6.67. The normalized spacial score (nSPS) is 11.7. The first-order chi connectivity index (χ1) is 10.00. The molecule has 1 N–H and O–H groups in total. The Morgan fingerprint density at radius 3 is 2.95 bits per heavy atom. The van der Waals surface area contributed by atoms with Crippen LogP contribution in [0, 0.1) is 0 Å². The van der Waals surface area contributed by atoms with Crippen molar-refractivity contribution in [3.63, 3.8) is 0 Å². The van der Waals surface area contributed by atoms with Crippen LogP contribution < -0.4 is 4.72 Å². The van der Waals surface area contributed by atoms with Gasteiger partial charge in [-0.3, -0.25) is 9.52 Å². The van der Waals surface area contributed by atoms with Crippen LogP contribution in [0.3, 0.4) is 0 Å². The molecule has 2 rings (SSSR count). The summed E-state index contributed by atoms with van der Waals surface area (Å²) in [5.41, 5.74) is 1.28. The van der Waals surface area contributed by atoms with Crippen molar-refractivity contribution in [1.29, 1.82) is 0 Å². The van der Waals surface area contributed by atoms with Crippen LogP contribution in [0.2, 0.25) is 0 Å². The lowest BCUT2D eigenvalue weighted by Crippen LogP contribution is -2.33. The lowest BCUT2D eigenvalue weighted by atomic mass is 10.2. The predicted octanol–water partition coefficient (Wildman–Crippen LogP) is 0.908. The Balaban J connectivity index is 1.94. The van der Waals surface area contributed by atoms with Crippen LogP contribution in [0.25, 0.3) is 5.65 Å². The number of rotatable bonds is 7. The molecule has 0 saturated carbocycles. The van der Waals surface area contributed by atoms with E-state index in [0.717, 1.165) is 12.8 Å². The lowest BCUT2D eigenvalue weighted by Gasteiger charge is -2.06. The summed E-state index contributed by atoms with van der Waals surface area (Å²) in [6.45, 7) is 1.99. The minimum absolute atomic E-state index is 0.0248. The number of hydrogen-bond donors (Lipinski definition) is 1. The third kappa shape index (κ3) is 4.52. The minimum atomic E-state index is -3.55. The standard InChI is InChI=1S/C13H18N4O3S/c1-2-3-4-7-21(19,20)16-13(18)8-11-9-14-12-5-6-15-17(12)10-11/h5-6,9-10H,2-4,7-8H2,1H3,(H,16,18). The molecule has 0 spiro atoms. The molecule has 8 heteroatoms. The van der Waals surface area contributed by atoms with Gasteiger partial charge in [0.15, 0.2) is 5.65 Å². The first-order valence-corrected chi connectivity index (χ1v) is 8.47. The molecular weight excluding hydrogens is 292 g/mol. The number of carbonyl (C=O) groups is 1. The maximum absolute atomic E-state index is 11.8. The molecule has 21 heavy (non-hydrogen) atoms. The van der Waals surface area contributed by atoms with Crippen molar-refractivity contribution in [2.24, 2.45) is 0 Å². The number of nitrogens with one attached hydrogen (secondary N) is 1. The molecule has 0 aromatic carbocycles. The number of sulfonamides is 1. The van der Waals surface area contributed by atoms with E-state index in [1.807, 2.05) is 6.92 Å². The average Bonchev–Trinajstić information content (AvgIpc) is 2.85. The molecule has 7 nitrogen and oxygen atoms in total. The molecule has 0 radical (unpaired) electrons. The fourth-order valence-electron chi connectivity index (χ4n) is 1.93. The fourth-order valence-corrected chi connectivity index (χ4v) is 3.03. The number of nitrogens with zero attached hydrogens (tertiary/aromatic N) is 3. The SMILES string of the molecule is CCCCCS(=O)(=O)NC(=O)Cc1cnc2ccnn2c1. The van der Waals surface area contributed by atoms with Crippen molar-refractivity contribution in [3.8, 4) is 0 Å². The Labute approximate surface area is 123 Å². The summed E-state index contributed by atoms with van der Waals surface area (Å²) in [5, 5.41) is 4.02. The number of hydrogen-bond acceptors (Lipinski definition) is 5.